The topological polar surface area (TPSA) is 101 Å². The van der Waals surface area contributed by atoms with E-state index in [-0.39, 0.29) is 22.9 Å². The minimum atomic E-state index is -3.81. The van der Waals surface area contributed by atoms with E-state index in [2.05, 4.69) is 5.32 Å². The van der Waals surface area contributed by atoms with Gasteiger partial charge in [0, 0.05) is 13.1 Å². The Morgan fingerprint density at radius 3 is 2.28 bits per heavy atom. The molecule has 1 atom stereocenters. The number of amides is 1. The molecule has 0 aromatic heterocycles. The summed E-state index contributed by atoms with van der Waals surface area (Å²) in [4.78, 5) is 12.3. The van der Waals surface area contributed by atoms with Gasteiger partial charge < -0.3 is 5.32 Å². The van der Waals surface area contributed by atoms with Crippen LogP contribution in [-0.4, -0.2) is 58.2 Å². The number of carbonyl (C=O) groups is 1. The number of rotatable bonds is 5. The van der Waals surface area contributed by atoms with Gasteiger partial charge in [-0.1, -0.05) is 17.7 Å². The minimum Gasteiger partial charge on any atom is -0.351 e. The molecule has 7 nitrogen and oxygen atoms in total. The molecule has 0 bridgehead atoms. The third-order valence-electron chi connectivity index (χ3n) is 4.24. The molecule has 1 fully saturated rings. The number of nitrogens with one attached hydrogen (secondary N) is 1. The molecule has 2 rings (SSSR count). The number of nitrogens with zero attached hydrogens (tertiary/aromatic N) is 1. The second-order valence-electron chi connectivity index (χ2n) is 6.66. The van der Waals surface area contributed by atoms with Gasteiger partial charge in [0.1, 0.15) is 0 Å². The van der Waals surface area contributed by atoms with Crippen LogP contribution in [0.1, 0.15) is 23.1 Å². The second-order valence-corrected chi connectivity index (χ2v) is 10.9. The lowest BCUT2D eigenvalue weighted by atomic mass is 10.1. The molecule has 9 heteroatoms. The molecular formula is C16H24N2O5S2. The molecule has 0 radical (unpaired) electrons. The average Bonchev–Trinajstić information content (AvgIpc) is 2.75. The van der Waals surface area contributed by atoms with Crippen molar-refractivity contribution in [3.63, 3.8) is 0 Å². The van der Waals surface area contributed by atoms with Gasteiger partial charge in [-0.2, -0.15) is 4.31 Å². The summed E-state index contributed by atoms with van der Waals surface area (Å²) in [5.74, 6) is -0.547. The van der Waals surface area contributed by atoms with Gasteiger partial charge in [0.05, 0.1) is 22.9 Å². The normalized spacial score (nSPS) is 20.0. The molecule has 0 aliphatic carbocycles. The first-order chi connectivity index (χ1) is 11.4. The summed E-state index contributed by atoms with van der Waals surface area (Å²) >= 11 is 0. The molecule has 1 heterocycles. The molecule has 25 heavy (non-hydrogen) atoms. The number of hydrogen-bond acceptors (Lipinski definition) is 5. The molecule has 1 aliphatic rings. The van der Waals surface area contributed by atoms with Gasteiger partial charge in [-0.15, -0.1) is 0 Å². The van der Waals surface area contributed by atoms with Crippen LogP contribution in [0.3, 0.4) is 0 Å². The summed E-state index contributed by atoms with van der Waals surface area (Å²) in [6.45, 7) is 4.99. The smallest absolute Gasteiger partial charge is 0.243 e. The summed E-state index contributed by atoms with van der Waals surface area (Å²) in [6, 6.07) is 3.13. The predicted octanol–water partition coefficient (Wildman–Crippen LogP) is 0.536. The van der Waals surface area contributed by atoms with E-state index in [0.717, 1.165) is 9.87 Å². The van der Waals surface area contributed by atoms with Gasteiger partial charge in [-0.3, -0.25) is 4.79 Å². The van der Waals surface area contributed by atoms with E-state index in [9.17, 15) is 21.6 Å². The van der Waals surface area contributed by atoms with Crippen LogP contribution >= 0.6 is 0 Å². The third-order valence-corrected chi connectivity index (χ3v) is 8.11. The lowest BCUT2D eigenvalue weighted by molar-refractivity contribution is -0.121. The van der Waals surface area contributed by atoms with Crippen molar-refractivity contribution >= 4 is 25.8 Å². The van der Waals surface area contributed by atoms with Crippen LogP contribution in [0.4, 0.5) is 0 Å². The number of benzene rings is 1. The zero-order valence-electron chi connectivity index (χ0n) is 14.9. The lowest BCUT2D eigenvalue weighted by Gasteiger charge is -2.21. The van der Waals surface area contributed by atoms with Crippen molar-refractivity contribution in [2.24, 2.45) is 0 Å². The van der Waals surface area contributed by atoms with Crippen molar-refractivity contribution in [2.45, 2.75) is 38.1 Å². The largest absolute Gasteiger partial charge is 0.351 e. The van der Waals surface area contributed by atoms with E-state index in [4.69, 9.17) is 0 Å². The van der Waals surface area contributed by atoms with E-state index in [1.54, 1.807) is 26.0 Å². The summed E-state index contributed by atoms with van der Waals surface area (Å²) in [5, 5.41) is 2.60. The Labute approximate surface area is 149 Å². The maximum Gasteiger partial charge on any atom is 0.243 e. The van der Waals surface area contributed by atoms with Crippen molar-refractivity contribution in [2.75, 3.05) is 25.1 Å². The summed E-state index contributed by atoms with van der Waals surface area (Å²) in [5.41, 5.74) is 2.23. The van der Waals surface area contributed by atoms with Gasteiger partial charge in [0.25, 0.3) is 0 Å². The Bertz CT molecular complexity index is 868. The molecule has 1 amide bonds. The van der Waals surface area contributed by atoms with Crippen LogP contribution in [0.2, 0.25) is 0 Å². The summed E-state index contributed by atoms with van der Waals surface area (Å²) < 4.78 is 49.5. The molecule has 1 aliphatic heterocycles. The highest BCUT2D eigenvalue weighted by atomic mass is 32.2. The highest BCUT2D eigenvalue weighted by Crippen LogP contribution is 2.24. The molecule has 1 unspecified atom stereocenters. The van der Waals surface area contributed by atoms with E-state index in [0.29, 0.717) is 17.5 Å². The molecular weight excluding hydrogens is 364 g/mol. The fourth-order valence-corrected chi connectivity index (χ4v) is 6.40. The van der Waals surface area contributed by atoms with Crippen LogP contribution in [0.5, 0.6) is 0 Å². The van der Waals surface area contributed by atoms with Crippen LogP contribution in [0.15, 0.2) is 17.0 Å². The van der Waals surface area contributed by atoms with E-state index in [1.165, 1.54) is 7.05 Å². The molecule has 1 aromatic carbocycles. The van der Waals surface area contributed by atoms with E-state index < -0.39 is 31.8 Å². The fraction of sp³-hybridized carbons (Fsp3) is 0.562. The Morgan fingerprint density at radius 2 is 1.80 bits per heavy atom. The molecule has 1 N–H and O–H groups in total. The maximum absolute atomic E-state index is 12.8. The zero-order chi connectivity index (χ0) is 19.0. The molecule has 1 saturated heterocycles. The number of carbonyl (C=O) groups excluding carboxylic acids is 1. The lowest BCUT2D eigenvalue weighted by Crippen LogP contribution is -2.43. The number of sulfonamides is 1. The number of sulfone groups is 1. The maximum atomic E-state index is 12.8. The van der Waals surface area contributed by atoms with Gasteiger partial charge in [-0.05, 0) is 38.3 Å². The van der Waals surface area contributed by atoms with Gasteiger partial charge in [0.2, 0.25) is 15.9 Å². The molecule has 0 saturated carbocycles. The SMILES string of the molecule is Cc1cc(C)c(S(=O)(=O)N(C)CC(=O)NC2CCS(=O)(=O)C2)c(C)c1. The van der Waals surface area contributed by atoms with Crippen LogP contribution in [0.25, 0.3) is 0 Å². The van der Waals surface area contributed by atoms with E-state index >= 15 is 0 Å². The Morgan fingerprint density at radius 1 is 1.24 bits per heavy atom. The van der Waals surface area contributed by atoms with Crippen molar-refractivity contribution in [3.8, 4) is 0 Å². The number of aryl methyl sites for hydroxylation is 3. The van der Waals surface area contributed by atoms with Crippen molar-refractivity contribution in [3.05, 3.63) is 28.8 Å². The van der Waals surface area contributed by atoms with Crippen molar-refractivity contribution in [1.82, 2.24) is 9.62 Å². The average molecular weight is 389 g/mol. The van der Waals surface area contributed by atoms with Gasteiger partial charge >= 0.3 is 0 Å². The highest BCUT2D eigenvalue weighted by Gasteiger charge is 2.31. The second kappa shape index (κ2) is 7.05. The van der Waals surface area contributed by atoms with Crippen LogP contribution in [-0.2, 0) is 24.7 Å². The monoisotopic (exact) mass is 388 g/mol. The van der Waals surface area contributed by atoms with Gasteiger partial charge in [-0.25, -0.2) is 16.8 Å². The Kier molecular flexibility index (Phi) is 5.60. The quantitative estimate of drug-likeness (QED) is 0.793. The first-order valence-corrected chi connectivity index (χ1v) is 11.2. The highest BCUT2D eigenvalue weighted by molar-refractivity contribution is 7.91. The van der Waals surface area contributed by atoms with Crippen LogP contribution in [0, 0.1) is 20.8 Å². The number of likely N-dealkylation sites (N-methyl/N-ethyl adjacent to an activating group) is 1. The first-order valence-electron chi connectivity index (χ1n) is 7.96. The zero-order valence-corrected chi connectivity index (χ0v) is 16.5. The van der Waals surface area contributed by atoms with Gasteiger partial charge in [0.15, 0.2) is 9.84 Å². The standard InChI is InChI=1S/C16H24N2O5S2/c1-11-7-12(2)16(13(3)8-11)25(22,23)18(4)9-15(19)17-14-5-6-24(20,21)10-14/h7-8,14H,5-6,9-10H2,1-4H3,(H,17,19). The first kappa shape index (κ1) is 19.9. The Hall–Kier alpha value is -1.45. The molecule has 0 spiro atoms. The van der Waals surface area contributed by atoms with E-state index in [1.807, 2.05) is 6.92 Å². The predicted molar refractivity (Wildman–Crippen MR) is 95.7 cm³/mol. The molecule has 140 valence electrons. The van der Waals surface area contributed by atoms with Crippen molar-refractivity contribution < 1.29 is 21.6 Å². The molecule has 1 aromatic rings. The fourth-order valence-electron chi connectivity index (χ4n) is 3.20. The summed E-state index contributed by atoms with van der Waals surface area (Å²) in [7, 11) is -5.57. The Balaban J connectivity index is 2.12. The third kappa shape index (κ3) is 4.59. The summed E-state index contributed by atoms with van der Waals surface area (Å²) in [6.07, 6.45) is 0.362. The minimum absolute atomic E-state index is 0.0494. The number of hydrogen-bond donors (Lipinski definition) is 1. The van der Waals surface area contributed by atoms with Crippen molar-refractivity contribution in [1.29, 1.82) is 0 Å². The van der Waals surface area contributed by atoms with Crippen LogP contribution < -0.4 is 5.32 Å².